The number of benzene rings is 2. The molecule has 0 atom stereocenters. The van der Waals surface area contributed by atoms with E-state index in [1.807, 2.05) is 38.1 Å². The first-order valence-corrected chi connectivity index (χ1v) is 8.32. The van der Waals surface area contributed by atoms with Crippen LogP contribution >= 0.6 is 0 Å². The van der Waals surface area contributed by atoms with E-state index in [0.717, 1.165) is 5.69 Å². The lowest BCUT2D eigenvalue weighted by molar-refractivity contribution is -0.116. The topological polar surface area (TPSA) is 50.4 Å². The van der Waals surface area contributed by atoms with Crippen LogP contribution in [0.1, 0.15) is 31.4 Å². The van der Waals surface area contributed by atoms with Crippen molar-refractivity contribution in [2.75, 3.05) is 17.2 Å². The third-order valence-electron chi connectivity index (χ3n) is 3.43. The van der Waals surface area contributed by atoms with Crippen molar-refractivity contribution in [2.24, 2.45) is 0 Å². The molecular weight excluding hydrogens is 300 g/mol. The van der Waals surface area contributed by atoms with Crippen molar-refractivity contribution in [1.29, 1.82) is 0 Å². The van der Waals surface area contributed by atoms with E-state index >= 15 is 0 Å². The van der Waals surface area contributed by atoms with Gasteiger partial charge in [0.25, 0.3) is 0 Å². The van der Waals surface area contributed by atoms with E-state index in [1.165, 1.54) is 11.1 Å². The van der Waals surface area contributed by atoms with Gasteiger partial charge in [-0.15, -0.1) is 0 Å². The SMILES string of the molecule is Cc1cc(C)cc(NCCC(=O)Nc2ccccc2OC(C)C)c1. The summed E-state index contributed by atoms with van der Waals surface area (Å²) in [5, 5.41) is 6.22. The number of hydrogen-bond acceptors (Lipinski definition) is 3. The summed E-state index contributed by atoms with van der Waals surface area (Å²) < 4.78 is 5.72. The van der Waals surface area contributed by atoms with Crippen LogP contribution in [0.25, 0.3) is 0 Å². The van der Waals surface area contributed by atoms with E-state index < -0.39 is 0 Å². The fourth-order valence-corrected chi connectivity index (χ4v) is 2.54. The van der Waals surface area contributed by atoms with E-state index in [4.69, 9.17) is 4.74 Å². The van der Waals surface area contributed by atoms with Crippen molar-refractivity contribution in [3.05, 3.63) is 53.6 Å². The molecule has 0 bridgehead atoms. The Morgan fingerprint density at radius 3 is 2.42 bits per heavy atom. The lowest BCUT2D eigenvalue weighted by Gasteiger charge is -2.15. The second-order valence-corrected chi connectivity index (χ2v) is 6.26. The molecule has 4 nitrogen and oxygen atoms in total. The average molecular weight is 326 g/mol. The van der Waals surface area contributed by atoms with Gasteiger partial charge < -0.3 is 15.4 Å². The molecule has 2 aromatic carbocycles. The number of nitrogens with one attached hydrogen (secondary N) is 2. The highest BCUT2D eigenvalue weighted by molar-refractivity contribution is 5.92. The Kier molecular flexibility index (Phi) is 6.24. The highest BCUT2D eigenvalue weighted by Gasteiger charge is 2.08. The van der Waals surface area contributed by atoms with Crippen LogP contribution in [0.15, 0.2) is 42.5 Å². The molecule has 2 N–H and O–H groups in total. The first-order valence-electron chi connectivity index (χ1n) is 8.32. The Morgan fingerprint density at radius 1 is 1.08 bits per heavy atom. The van der Waals surface area contributed by atoms with Crippen molar-refractivity contribution >= 4 is 17.3 Å². The normalized spacial score (nSPS) is 10.5. The maximum absolute atomic E-state index is 12.2. The van der Waals surface area contributed by atoms with Crippen LogP contribution in [0.3, 0.4) is 0 Å². The number of amides is 1. The summed E-state index contributed by atoms with van der Waals surface area (Å²) in [5.41, 5.74) is 4.18. The zero-order chi connectivity index (χ0) is 17.5. The van der Waals surface area contributed by atoms with Crippen molar-refractivity contribution in [2.45, 2.75) is 40.2 Å². The summed E-state index contributed by atoms with van der Waals surface area (Å²) in [4.78, 5) is 12.2. The molecule has 4 heteroatoms. The number of hydrogen-bond donors (Lipinski definition) is 2. The first-order chi connectivity index (χ1) is 11.4. The molecule has 128 valence electrons. The van der Waals surface area contributed by atoms with Gasteiger partial charge in [0.1, 0.15) is 5.75 Å². The summed E-state index contributed by atoms with van der Waals surface area (Å²) in [6.07, 6.45) is 0.456. The van der Waals surface area contributed by atoms with Gasteiger partial charge in [0.2, 0.25) is 5.91 Å². The highest BCUT2D eigenvalue weighted by atomic mass is 16.5. The molecule has 2 aromatic rings. The van der Waals surface area contributed by atoms with Crippen LogP contribution < -0.4 is 15.4 Å². The summed E-state index contributed by atoms with van der Waals surface area (Å²) in [6, 6.07) is 13.8. The Balaban J connectivity index is 1.87. The summed E-state index contributed by atoms with van der Waals surface area (Å²) in [7, 11) is 0. The van der Waals surface area contributed by atoms with Gasteiger partial charge in [-0.25, -0.2) is 0 Å². The number of carbonyl (C=O) groups is 1. The van der Waals surface area contributed by atoms with Crippen LogP contribution in [0.5, 0.6) is 5.75 Å². The van der Waals surface area contributed by atoms with E-state index in [9.17, 15) is 4.79 Å². The van der Waals surface area contributed by atoms with Crippen LogP contribution in [0.4, 0.5) is 11.4 Å². The van der Waals surface area contributed by atoms with E-state index in [2.05, 4.69) is 42.7 Å². The smallest absolute Gasteiger partial charge is 0.226 e. The molecule has 0 unspecified atom stereocenters. The monoisotopic (exact) mass is 326 g/mol. The number of anilines is 2. The van der Waals surface area contributed by atoms with Crippen LogP contribution in [-0.2, 0) is 4.79 Å². The Morgan fingerprint density at radius 2 is 1.75 bits per heavy atom. The molecule has 0 aliphatic heterocycles. The standard InChI is InChI=1S/C20H26N2O2/c1-14(2)24-19-8-6-5-7-18(19)22-20(23)9-10-21-17-12-15(3)11-16(4)13-17/h5-8,11-14,21H,9-10H2,1-4H3,(H,22,23). The van der Waals surface area contributed by atoms with Crippen molar-refractivity contribution in [3.63, 3.8) is 0 Å². The number of rotatable bonds is 7. The first kappa shape index (κ1) is 17.9. The van der Waals surface area contributed by atoms with Gasteiger partial charge in [0.05, 0.1) is 11.8 Å². The molecule has 24 heavy (non-hydrogen) atoms. The molecule has 1 amide bonds. The van der Waals surface area contributed by atoms with Crippen LogP contribution in [0, 0.1) is 13.8 Å². The molecule has 0 spiro atoms. The third kappa shape index (κ3) is 5.61. The maximum Gasteiger partial charge on any atom is 0.226 e. The lowest BCUT2D eigenvalue weighted by Crippen LogP contribution is -2.17. The fraction of sp³-hybridized carbons (Fsp3) is 0.350. The number of ether oxygens (including phenoxy) is 1. The Bertz CT molecular complexity index is 676. The van der Waals surface area contributed by atoms with Crippen LogP contribution in [-0.4, -0.2) is 18.6 Å². The molecule has 0 aromatic heterocycles. The molecule has 2 rings (SSSR count). The second kappa shape index (κ2) is 8.39. The van der Waals surface area contributed by atoms with Gasteiger partial charge in [0.15, 0.2) is 0 Å². The highest BCUT2D eigenvalue weighted by Crippen LogP contribution is 2.25. The minimum Gasteiger partial charge on any atom is -0.489 e. The molecule has 0 radical (unpaired) electrons. The van der Waals surface area contributed by atoms with Gasteiger partial charge in [-0.05, 0) is 63.1 Å². The fourth-order valence-electron chi connectivity index (χ4n) is 2.54. The van der Waals surface area contributed by atoms with E-state index in [1.54, 1.807) is 0 Å². The third-order valence-corrected chi connectivity index (χ3v) is 3.43. The van der Waals surface area contributed by atoms with Gasteiger partial charge in [0, 0.05) is 18.7 Å². The van der Waals surface area contributed by atoms with Crippen LogP contribution in [0.2, 0.25) is 0 Å². The summed E-state index contributed by atoms with van der Waals surface area (Å²) in [5.74, 6) is 0.662. The number of para-hydroxylation sites is 2. The molecule has 0 aliphatic rings. The zero-order valence-corrected chi connectivity index (χ0v) is 14.8. The Hall–Kier alpha value is -2.49. The van der Waals surface area contributed by atoms with Gasteiger partial charge in [-0.1, -0.05) is 18.2 Å². The van der Waals surface area contributed by atoms with E-state index in [-0.39, 0.29) is 12.0 Å². The Labute approximate surface area is 144 Å². The molecule has 0 saturated heterocycles. The zero-order valence-electron chi connectivity index (χ0n) is 14.8. The largest absolute Gasteiger partial charge is 0.489 e. The number of carbonyl (C=O) groups excluding carboxylic acids is 1. The molecular formula is C20H26N2O2. The van der Waals surface area contributed by atoms with Gasteiger partial charge in [-0.3, -0.25) is 4.79 Å². The van der Waals surface area contributed by atoms with Crippen molar-refractivity contribution in [1.82, 2.24) is 0 Å². The molecule has 0 fully saturated rings. The summed E-state index contributed by atoms with van der Waals surface area (Å²) >= 11 is 0. The second-order valence-electron chi connectivity index (χ2n) is 6.26. The average Bonchev–Trinajstić information content (AvgIpc) is 2.48. The van der Waals surface area contributed by atoms with Crippen molar-refractivity contribution in [3.8, 4) is 5.75 Å². The molecule has 0 aliphatic carbocycles. The predicted octanol–water partition coefficient (Wildman–Crippen LogP) is 4.53. The minimum absolute atomic E-state index is 0.0355. The predicted molar refractivity (Wildman–Crippen MR) is 99.9 cm³/mol. The van der Waals surface area contributed by atoms with Gasteiger partial charge >= 0.3 is 0 Å². The van der Waals surface area contributed by atoms with E-state index in [0.29, 0.717) is 24.4 Å². The lowest BCUT2D eigenvalue weighted by atomic mass is 10.1. The number of aryl methyl sites for hydroxylation is 2. The quantitative estimate of drug-likeness (QED) is 0.786. The van der Waals surface area contributed by atoms with Gasteiger partial charge in [-0.2, -0.15) is 0 Å². The maximum atomic E-state index is 12.2. The minimum atomic E-state index is -0.0355. The summed E-state index contributed by atoms with van der Waals surface area (Å²) in [6.45, 7) is 8.65. The van der Waals surface area contributed by atoms with Crippen molar-refractivity contribution < 1.29 is 9.53 Å². The molecule has 0 saturated carbocycles. The molecule has 0 heterocycles.